The highest BCUT2D eigenvalue weighted by Crippen LogP contribution is 2.36. The fraction of sp³-hybridized carbons (Fsp3) is 0.765. The molecule has 0 aromatic carbocycles. The molecule has 0 radical (unpaired) electrons. The van der Waals surface area contributed by atoms with Gasteiger partial charge in [-0.05, 0) is 47.1 Å². The molecule has 0 saturated carbocycles. The van der Waals surface area contributed by atoms with Crippen molar-refractivity contribution in [2.24, 2.45) is 5.73 Å². The minimum absolute atomic E-state index is 0.137. The number of hydrogen-bond donors (Lipinski definition) is 1. The van der Waals surface area contributed by atoms with Crippen LogP contribution in [0.25, 0.3) is 0 Å². The standard InChI is InChI=1S/C17H29BN4O4S/c1-16(2)17(3,4)26-18(25-16)13-10-20-15(21-11-13)27(23,24)14-6-5-8-22(12-14)9-7-19/h10-11,14H,5-9,12,19H2,1-4H3/t14-/m1/s1. The van der Waals surface area contributed by atoms with Crippen LogP contribution >= 0.6 is 0 Å². The molecule has 3 heterocycles. The van der Waals surface area contributed by atoms with Crippen molar-refractivity contribution in [2.75, 3.05) is 26.2 Å². The summed E-state index contributed by atoms with van der Waals surface area (Å²) in [4.78, 5) is 10.4. The van der Waals surface area contributed by atoms with E-state index in [1.54, 1.807) is 0 Å². The first-order chi connectivity index (χ1) is 12.6. The number of nitrogens with two attached hydrogens (primary N) is 1. The van der Waals surface area contributed by atoms with Crippen LogP contribution in [0.4, 0.5) is 0 Å². The van der Waals surface area contributed by atoms with Crippen molar-refractivity contribution in [1.29, 1.82) is 0 Å². The Bertz CT molecular complexity index is 752. The Kier molecular flexibility index (Phi) is 5.66. The molecule has 2 saturated heterocycles. The summed E-state index contributed by atoms with van der Waals surface area (Å²) in [6.07, 6.45) is 4.42. The summed E-state index contributed by atoms with van der Waals surface area (Å²) in [5.74, 6) is 0. The summed E-state index contributed by atoms with van der Waals surface area (Å²) in [6, 6.07) is 0. The molecular formula is C17H29BN4O4S. The molecule has 10 heteroatoms. The van der Waals surface area contributed by atoms with Crippen LogP contribution in [0.1, 0.15) is 40.5 Å². The van der Waals surface area contributed by atoms with Gasteiger partial charge in [-0.1, -0.05) is 0 Å². The van der Waals surface area contributed by atoms with Gasteiger partial charge in [0.1, 0.15) is 0 Å². The first kappa shape index (κ1) is 20.7. The first-order valence-electron chi connectivity index (χ1n) is 9.41. The highest BCUT2D eigenvalue weighted by Gasteiger charge is 2.52. The normalized spacial score (nSPS) is 25.7. The zero-order valence-corrected chi connectivity index (χ0v) is 17.3. The van der Waals surface area contributed by atoms with Crippen LogP contribution in [0.3, 0.4) is 0 Å². The maximum Gasteiger partial charge on any atom is 0.498 e. The molecule has 1 atom stereocenters. The minimum Gasteiger partial charge on any atom is -0.399 e. The van der Waals surface area contributed by atoms with Gasteiger partial charge >= 0.3 is 7.12 Å². The van der Waals surface area contributed by atoms with Crippen molar-refractivity contribution in [1.82, 2.24) is 14.9 Å². The smallest absolute Gasteiger partial charge is 0.399 e. The Morgan fingerprint density at radius 2 is 1.81 bits per heavy atom. The lowest BCUT2D eigenvalue weighted by atomic mass is 9.81. The predicted octanol–water partition coefficient (Wildman–Crippen LogP) is -0.0274. The third kappa shape index (κ3) is 4.05. The monoisotopic (exact) mass is 396 g/mol. The van der Waals surface area contributed by atoms with Gasteiger partial charge in [0.2, 0.25) is 15.0 Å². The van der Waals surface area contributed by atoms with Gasteiger partial charge in [-0.25, -0.2) is 18.4 Å². The van der Waals surface area contributed by atoms with Crippen LogP contribution in [0.15, 0.2) is 17.6 Å². The van der Waals surface area contributed by atoms with Gasteiger partial charge in [0.15, 0.2) is 0 Å². The molecule has 2 N–H and O–H groups in total. The molecule has 8 nitrogen and oxygen atoms in total. The van der Waals surface area contributed by atoms with E-state index in [9.17, 15) is 8.42 Å². The topological polar surface area (TPSA) is 108 Å². The number of piperidine rings is 1. The van der Waals surface area contributed by atoms with Crippen molar-refractivity contribution in [3.63, 3.8) is 0 Å². The van der Waals surface area contributed by atoms with E-state index in [-0.39, 0.29) is 5.16 Å². The number of sulfone groups is 1. The van der Waals surface area contributed by atoms with Crippen LogP contribution in [-0.2, 0) is 19.1 Å². The summed E-state index contributed by atoms with van der Waals surface area (Å²) in [6.45, 7) is 10.4. The van der Waals surface area contributed by atoms with E-state index in [4.69, 9.17) is 15.0 Å². The second-order valence-corrected chi connectivity index (χ2v) is 10.4. The van der Waals surface area contributed by atoms with Gasteiger partial charge in [-0.3, -0.25) is 0 Å². The Balaban J connectivity index is 1.75. The number of likely N-dealkylation sites (tertiary alicyclic amines) is 1. The van der Waals surface area contributed by atoms with Crippen LogP contribution < -0.4 is 11.2 Å². The predicted molar refractivity (Wildman–Crippen MR) is 103 cm³/mol. The summed E-state index contributed by atoms with van der Waals surface area (Å²) in [5, 5.41) is -0.636. The molecule has 0 unspecified atom stereocenters. The van der Waals surface area contributed by atoms with E-state index in [1.165, 1.54) is 12.4 Å². The van der Waals surface area contributed by atoms with Crippen LogP contribution in [0.2, 0.25) is 0 Å². The van der Waals surface area contributed by atoms with E-state index in [0.29, 0.717) is 31.5 Å². The third-order valence-electron chi connectivity index (χ3n) is 5.77. The van der Waals surface area contributed by atoms with Crippen molar-refractivity contribution < 1.29 is 17.7 Å². The van der Waals surface area contributed by atoms with Crippen LogP contribution in [-0.4, -0.2) is 73.0 Å². The Hall–Kier alpha value is -1.07. The molecular weight excluding hydrogens is 367 g/mol. The lowest BCUT2D eigenvalue weighted by Gasteiger charge is -2.32. The first-order valence-corrected chi connectivity index (χ1v) is 11.0. The molecule has 0 bridgehead atoms. The lowest BCUT2D eigenvalue weighted by molar-refractivity contribution is 0.00578. The molecule has 3 rings (SSSR count). The Labute approximate surface area is 161 Å². The molecule has 2 aliphatic heterocycles. The van der Waals surface area contributed by atoms with Crippen molar-refractivity contribution in [3.05, 3.63) is 12.4 Å². The van der Waals surface area contributed by atoms with Crippen molar-refractivity contribution in [3.8, 4) is 0 Å². The average molecular weight is 396 g/mol. The molecule has 150 valence electrons. The van der Waals surface area contributed by atoms with E-state index in [2.05, 4.69) is 14.9 Å². The Morgan fingerprint density at radius 3 is 2.37 bits per heavy atom. The minimum atomic E-state index is -3.59. The zero-order chi connectivity index (χ0) is 19.9. The van der Waals surface area contributed by atoms with Crippen LogP contribution in [0, 0.1) is 0 Å². The number of hydrogen-bond acceptors (Lipinski definition) is 8. The van der Waals surface area contributed by atoms with Gasteiger partial charge in [0, 0.05) is 37.5 Å². The van der Waals surface area contributed by atoms with Crippen molar-refractivity contribution in [2.45, 2.75) is 62.1 Å². The van der Waals surface area contributed by atoms with E-state index in [1.807, 2.05) is 27.7 Å². The maximum atomic E-state index is 12.9. The summed E-state index contributed by atoms with van der Waals surface area (Å²) < 4.78 is 37.8. The fourth-order valence-electron chi connectivity index (χ4n) is 3.38. The SMILES string of the molecule is CC1(C)OB(c2cnc(S(=O)(=O)[C@@H]3CCCN(CCN)C3)nc2)OC1(C)C. The summed E-state index contributed by atoms with van der Waals surface area (Å²) in [7, 11) is -4.20. The van der Waals surface area contributed by atoms with Crippen molar-refractivity contribution >= 4 is 22.4 Å². The number of nitrogens with zero attached hydrogens (tertiary/aromatic N) is 3. The molecule has 0 spiro atoms. The van der Waals surface area contributed by atoms with E-state index in [0.717, 1.165) is 13.0 Å². The third-order valence-corrected chi connectivity index (χ3v) is 7.76. The van der Waals surface area contributed by atoms with Gasteiger partial charge in [0.05, 0.1) is 16.5 Å². The largest absolute Gasteiger partial charge is 0.498 e. The Morgan fingerprint density at radius 1 is 1.22 bits per heavy atom. The number of aromatic nitrogens is 2. The van der Waals surface area contributed by atoms with E-state index < -0.39 is 33.4 Å². The molecule has 0 aliphatic carbocycles. The van der Waals surface area contributed by atoms with Gasteiger partial charge in [0.25, 0.3) is 0 Å². The zero-order valence-electron chi connectivity index (χ0n) is 16.5. The number of rotatable bonds is 5. The maximum absolute atomic E-state index is 12.9. The van der Waals surface area contributed by atoms with E-state index >= 15 is 0 Å². The average Bonchev–Trinajstić information content (AvgIpc) is 2.83. The summed E-state index contributed by atoms with van der Waals surface area (Å²) >= 11 is 0. The fourth-order valence-corrected chi connectivity index (χ4v) is 4.96. The summed E-state index contributed by atoms with van der Waals surface area (Å²) in [5.41, 5.74) is 5.26. The molecule has 2 fully saturated rings. The molecule has 1 aromatic rings. The second-order valence-electron chi connectivity index (χ2n) is 8.29. The quantitative estimate of drug-likeness (QED) is 0.546. The lowest BCUT2D eigenvalue weighted by Crippen LogP contribution is -2.44. The highest BCUT2D eigenvalue weighted by molar-refractivity contribution is 7.91. The molecule has 1 aromatic heterocycles. The molecule has 2 aliphatic rings. The van der Waals surface area contributed by atoms with Gasteiger partial charge in [-0.2, -0.15) is 0 Å². The van der Waals surface area contributed by atoms with Gasteiger partial charge in [-0.15, -0.1) is 0 Å². The highest BCUT2D eigenvalue weighted by atomic mass is 32.2. The second kappa shape index (κ2) is 7.40. The molecule has 0 amide bonds. The van der Waals surface area contributed by atoms with Crippen LogP contribution in [0.5, 0.6) is 0 Å². The van der Waals surface area contributed by atoms with Gasteiger partial charge < -0.3 is 19.9 Å². The molecule has 27 heavy (non-hydrogen) atoms.